The van der Waals surface area contributed by atoms with Crippen LogP contribution in [-0.2, 0) is 6.54 Å². The highest BCUT2D eigenvalue weighted by Crippen LogP contribution is 2.23. The number of amides is 1. The van der Waals surface area contributed by atoms with E-state index < -0.39 is 0 Å². The molecule has 0 spiro atoms. The van der Waals surface area contributed by atoms with E-state index in [2.05, 4.69) is 31.3 Å². The zero-order valence-electron chi connectivity index (χ0n) is 10.3. The molecule has 2 rings (SSSR count). The molecule has 0 aromatic carbocycles. The van der Waals surface area contributed by atoms with Crippen LogP contribution in [0.5, 0.6) is 0 Å². The van der Waals surface area contributed by atoms with Crippen LogP contribution in [-0.4, -0.2) is 20.7 Å². The number of nitrogens with zero attached hydrogens (tertiary/aromatic N) is 3. The number of aryl methyl sites for hydroxylation is 3. The van der Waals surface area contributed by atoms with Gasteiger partial charge in [0.1, 0.15) is 5.69 Å². The van der Waals surface area contributed by atoms with Crippen molar-refractivity contribution >= 4 is 38.3 Å². The maximum atomic E-state index is 12.2. The summed E-state index contributed by atoms with van der Waals surface area (Å²) in [7, 11) is 0. The third kappa shape index (κ3) is 2.46. The van der Waals surface area contributed by atoms with Crippen LogP contribution in [0, 0.1) is 13.8 Å². The van der Waals surface area contributed by atoms with Crippen LogP contribution < -0.4 is 5.32 Å². The minimum atomic E-state index is -0.199. The third-order valence-electron chi connectivity index (χ3n) is 2.56. The first-order valence-electron chi connectivity index (χ1n) is 5.49. The van der Waals surface area contributed by atoms with E-state index in [4.69, 9.17) is 0 Å². The molecular formula is C11H13BrN4OS. The van der Waals surface area contributed by atoms with Crippen LogP contribution in [0.2, 0.25) is 0 Å². The molecule has 0 fully saturated rings. The predicted molar refractivity (Wildman–Crippen MR) is 75.1 cm³/mol. The largest absolute Gasteiger partial charge is 0.296 e. The summed E-state index contributed by atoms with van der Waals surface area (Å²) in [5.74, 6) is -0.199. The van der Waals surface area contributed by atoms with Gasteiger partial charge in [0, 0.05) is 11.4 Å². The van der Waals surface area contributed by atoms with Crippen LogP contribution in [0.3, 0.4) is 0 Å². The van der Waals surface area contributed by atoms with Gasteiger partial charge in [0.15, 0.2) is 5.13 Å². The number of carbonyl (C=O) groups is 1. The molecule has 0 saturated carbocycles. The summed E-state index contributed by atoms with van der Waals surface area (Å²) in [5, 5.41) is 7.53. The minimum absolute atomic E-state index is 0.199. The molecule has 0 bridgehead atoms. The smallest absolute Gasteiger partial charge is 0.276 e. The minimum Gasteiger partial charge on any atom is -0.296 e. The summed E-state index contributed by atoms with van der Waals surface area (Å²) in [6.07, 6.45) is 1.62. The second-order valence-electron chi connectivity index (χ2n) is 3.77. The number of anilines is 1. The lowest BCUT2D eigenvalue weighted by Gasteiger charge is -2.04. The third-order valence-corrected chi connectivity index (χ3v) is 4.13. The molecule has 0 atom stereocenters. The summed E-state index contributed by atoms with van der Waals surface area (Å²) in [4.78, 5) is 17.6. The van der Waals surface area contributed by atoms with E-state index in [9.17, 15) is 4.79 Å². The highest BCUT2D eigenvalue weighted by atomic mass is 79.9. The van der Waals surface area contributed by atoms with Gasteiger partial charge in [-0.3, -0.25) is 14.8 Å². The Balaban J connectivity index is 2.24. The fourth-order valence-corrected chi connectivity index (χ4v) is 2.80. The maximum absolute atomic E-state index is 12.2. The quantitative estimate of drug-likeness (QED) is 0.942. The van der Waals surface area contributed by atoms with Crippen molar-refractivity contribution in [2.45, 2.75) is 27.3 Å². The zero-order valence-corrected chi connectivity index (χ0v) is 12.7. The number of halogens is 1. The predicted octanol–water partition coefficient (Wildman–Crippen LogP) is 2.99. The van der Waals surface area contributed by atoms with E-state index >= 15 is 0 Å². The Labute approximate surface area is 117 Å². The number of rotatable bonds is 3. The monoisotopic (exact) mass is 328 g/mol. The average molecular weight is 329 g/mol. The molecule has 0 aliphatic carbocycles. The SMILES string of the molecule is CCn1ncc(Br)c1C(=O)Nc1nc(C)c(C)s1. The van der Waals surface area contributed by atoms with Crippen molar-refractivity contribution in [1.82, 2.24) is 14.8 Å². The Bertz CT molecular complexity index is 570. The number of hydrogen-bond donors (Lipinski definition) is 1. The fourth-order valence-electron chi connectivity index (χ4n) is 1.51. The van der Waals surface area contributed by atoms with Gasteiger partial charge in [0.2, 0.25) is 0 Å². The zero-order chi connectivity index (χ0) is 13.3. The normalized spacial score (nSPS) is 10.7. The molecule has 5 nitrogen and oxygen atoms in total. The Morgan fingerprint density at radius 1 is 1.56 bits per heavy atom. The highest BCUT2D eigenvalue weighted by Gasteiger charge is 2.18. The molecule has 1 N–H and O–H groups in total. The molecule has 0 unspecified atom stereocenters. The Morgan fingerprint density at radius 2 is 2.28 bits per heavy atom. The molecule has 0 radical (unpaired) electrons. The van der Waals surface area contributed by atoms with Gasteiger partial charge >= 0.3 is 0 Å². The van der Waals surface area contributed by atoms with Gasteiger partial charge in [0.05, 0.1) is 16.4 Å². The number of aromatic nitrogens is 3. The maximum Gasteiger partial charge on any atom is 0.276 e. The first-order chi connectivity index (χ1) is 8.52. The van der Waals surface area contributed by atoms with Gasteiger partial charge in [-0.15, -0.1) is 11.3 Å². The van der Waals surface area contributed by atoms with Crippen molar-refractivity contribution in [3.63, 3.8) is 0 Å². The lowest BCUT2D eigenvalue weighted by Crippen LogP contribution is -2.17. The van der Waals surface area contributed by atoms with Gasteiger partial charge < -0.3 is 0 Å². The Hall–Kier alpha value is -1.21. The fraction of sp³-hybridized carbons (Fsp3) is 0.364. The number of hydrogen-bond acceptors (Lipinski definition) is 4. The van der Waals surface area contributed by atoms with Gasteiger partial charge in [-0.05, 0) is 36.7 Å². The second-order valence-corrected chi connectivity index (χ2v) is 5.83. The number of carbonyl (C=O) groups excluding carboxylic acids is 1. The van der Waals surface area contributed by atoms with E-state index in [1.807, 2.05) is 20.8 Å². The summed E-state index contributed by atoms with van der Waals surface area (Å²) in [6.45, 7) is 6.49. The Morgan fingerprint density at radius 3 is 2.83 bits per heavy atom. The molecule has 0 aliphatic heterocycles. The molecule has 7 heteroatoms. The molecular weight excluding hydrogens is 316 g/mol. The van der Waals surface area contributed by atoms with E-state index in [1.54, 1.807) is 10.9 Å². The number of nitrogens with one attached hydrogen (secondary N) is 1. The summed E-state index contributed by atoms with van der Waals surface area (Å²) >= 11 is 4.80. The number of thiazole rings is 1. The summed E-state index contributed by atoms with van der Waals surface area (Å²) in [5.41, 5.74) is 1.46. The summed E-state index contributed by atoms with van der Waals surface area (Å²) in [6, 6.07) is 0. The molecule has 0 aliphatic rings. The first kappa shape index (κ1) is 13.2. The van der Waals surface area contributed by atoms with Crippen molar-refractivity contribution in [3.05, 3.63) is 26.9 Å². The van der Waals surface area contributed by atoms with Gasteiger partial charge in [-0.25, -0.2) is 4.98 Å². The summed E-state index contributed by atoms with van der Waals surface area (Å²) < 4.78 is 2.33. The van der Waals surface area contributed by atoms with Crippen molar-refractivity contribution in [3.8, 4) is 0 Å². The van der Waals surface area contributed by atoms with E-state index in [1.165, 1.54) is 11.3 Å². The molecule has 1 amide bonds. The van der Waals surface area contributed by atoms with Gasteiger partial charge in [-0.1, -0.05) is 0 Å². The highest BCUT2D eigenvalue weighted by molar-refractivity contribution is 9.10. The van der Waals surface area contributed by atoms with Crippen LogP contribution in [0.1, 0.15) is 28.0 Å². The van der Waals surface area contributed by atoms with Gasteiger partial charge in [-0.2, -0.15) is 5.10 Å². The van der Waals surface area contributed by atoms with Crippen LogP contribution in [0.4, 0.5) is 5.13 Å². The van der Waals surface area contributed by atoms with Crippen molar-refractivity contribution in [2.75, 3.05) is 5.32 Å². The molecule has 2 aromatic heterocycles. The Kier molecular flexibility index (Phi) is 3.82. The van der Waals surface area contributed by atoms with Crippen LogP contribution >= 0.6 is 27.3 Å². The molecule has 18 heavy (non-hydrogen) atoms. The first-order valence-corrected chi connectivity index (χ1v) is 7.10. The second kappa shape index (κ2) is 5.19. The topological polar surface area (TPSA) is 59.8 Å². The van der Waals surface area contributed by atoms with Crippen LogP contribution in [0.15, 0.2) is 10.7 Å². The lowest BCUT2D eigenvalue weighted by atomic mass is 10.4. The lowest BCUT2D eigenvalue weighted by molar-refractivity contribution is 0.101. The average Bonchev–Trinajstić information content (AvgIpc) is 2.83. The van der Waals surface area contributed by atoms with Gasteiger partial charge in [0.25, 0.3) is 5.91 Å². The van der Waals surface area contributed by atoms with Crippen LogP contribution in [0.25, 0.3) is 0 Å². The van der Waals surface area contributed by atoms with E-state index in [0.29, 0.717) is 21.8 Å². The van der Waals surface area contributed by atoms with E-state index in [0.717, 1.165) is 10.6 Å². The molecule has 0 saturated heterocycles. The molecule has 96 valence electrons. The van der Waals surface area contributed by atoms with Crippen molar-refractivity contribution < 1.29 is 4.79 Å². The van der Waals surface area contributed by atoms with Crippen molar-refractivity contribution in [1.29, 1.82) is 0 Å². The molecule has 2 aromatic rings. The van der Waals surface area contributed by atoms with E-state index in [-0.39, 0.29) is 5.91 Å². The standard InChI is InChI=1S/C11H13BrN4OS/c1-4-16-9(8(12)5-13-16)10(17)15-11-14-6(2)7(3)18-11/h5H,4H2,1-3H3,(H,14,15,17). The van der Waals surface area contributed by atoms with Crippen molar-refractivity contribution in [2.24, 2.45) is 0 Å². The molecule has 2 heterocycles.